The van der Waals surface area contributed by atoms with Crippen LogP contribution in [-0.2, 0) is 6.54 Å². The predicted molar refractivity (Wildman–Crippen MR) is 74.3 cm³/mol. The van der Waals surface area contributed by atoms with Crippen LogP contribution in [0.15, 0.2) is 18.2 Å². The maximum absolute atomic E-state index is 5.71. The van der Waals surface area contributed by atoms with Crippen LogP contribution >= 0.6 is 0 Å². The second-order valence-corrected chi connectivity index (χ2v) is 6.00. The van der Waals surface area contributed by atoms with Crippen molar-refractivity contribution in [3.8, 4) is 0 Å². The third kappa shape index (κ3) is 2.81. The molecule has 1 aromatic rings. The topological polar surface area (TPSA) is 29.3 Å². The van der Waals surface area contributed by atoms with E-state index in [1.165, 1.54) is 36.2 Å². The second kappa shape index (κ2) is 4.69. The number of hydrogen-bond donors (Lipinski definition) is 1. The van der Waals surface area contributed by atoms with Gasteiger partial charge in [0.2, 0.25) is 0 Å². The van der Waals surface area contributed by atoms with E-state index >= 15 is 0 Å². The van der Waals surface area contributed by atoms with Gasteiger partial charge in [-0.2, -0.15) is 0 Å². The lowest BCUT2D eigenvalue weighted by molar-refractivity contribution is 0.293. The first kappa shape index (κ1) is 12.4. The van der Waals surface area contributed by atoms with Crippen LogP contribution in [0.3, 0.4) is 0 Å². The molecule has 1 fully saturated rings. The fourth-order valence-corrected chi connectivity index (χ4v) is 2.75. The lowest BCUT2D eigenvalue weighted by Crippen LogP contribution is -2.40. The van der Waals surface area contributed by atoms with Crippen LogP contribution in [0.4, 0.5) is 5.69 Å². The molecule has 0 radical (unpaired) electrons. The van der Waals surface area contributed by atoms with Gasteiger partial charge >= 0.3 is 0 Å². The van der Waals surface area contributed by atoms with Crippen molar-refractivity contribution in [2.24, 2.45) is 11.1 Å². The zero-order valence-corrected chi connectivity index (χ0v) is 11.3. The number of benzene rings is 1. The van der Waals surface area contributed by atoms with Gasteiger partial charge in [0.05, 0.1) is 0 Å². The Morgan fingerprint density at radius 1 is 1.35 bits per heavy atom. The second-order valence-electron chi connectivity index (χ2n) is 6.00. The molecule has 1 aromatic carbocycles. The Kier molecular flexibility index (Phi) is 3.43. The van der Waals surface area contributed by atoms with Crippen molar-refractivity contribution in [3.05, 3.63) is 29.3 Å². The Bertz CT molecular complexity index is 396. The summed E-state index contributed by atoms with van der Waals surface area (Å²) in [5, 5.41) is 0. The van der Waals surface area contributed by atoms with E-state index in [2.05, 4.69) is 43.9 Å². The highest BCUT2D eigenvalue weighted by molar-refractivity contribution is 5.51. The lowest BCUT2D eigenvalue weighted by atomic mass is 9.84. The zero-order valence-electron chi connectivity index (χ0n) is 11.3. The summed E-state index contributed by atoms with van der Waals surface area (Å²) in [4.78, 5) is 2.51. The number of nitrogens with two attached hydrogens (primary N) is 1. The Labute approximate surface area is 105 Å². The SMILES string of the molecule is Cc1cc(N2CCCC(C)(C)C2)ccc1CN. The monoisotopic (exact) mass is 232 g/mol. The van der Waals surface area contributed by atoms with Crippen LogP contribution in [0.25, 0.3) is 0 Å². The summed E-state index contributed by atoms with van der Waals surface area (Å²) in [5.41, 5.74) is 10.1. The van der Waals surface area contributed by atoms with Crippen molar-refractivity contribution in [2.75, 3.05) is 18.0 Å². The molecule has 2 nitrogen and oxygen atoms in total. The van der Waals surface area contributed by atoms with Crippen LogP contribution in [0.1, 0.15) is 37.8 Å². The van der Waals surface area contributed by atoms with Crippen LogP contribution in [0.5, 0.6) is 0 Å². The zero-order chi connectivity index (χ0) is 12.5. The molecule has 0 saturated carbocycles. The molecule has 0 unspecified atom stereocenters. The molecule has 0 atom stereocenters. The molecule has 2 rings (SSSR count). The normalized spacial score (nSPS) is 19.4. The first-order valence-corrected chi connectivity index (χ1v) is 6.56. The van der Waals surface area contributed by atoms with Crippen LogP contribution in [0.2, 0.25) is 0 Å². The van der Waals surface area contributed by atoms with Crippen LogP contribution < -0.4 is 10.6 Å². The largest absolute Gasteiger partial charge is 0.371 e. The third-order valence-electron chi connectivity index (χ3n) is 3.81. The summed E-state index contributed by atoms with van der Waals surface area (Å²) in [7, 11) is 0. The Morgan fingerprint density at radius 3 is 2.71 bits per heavy atom. The van der Waals surface area contributed by atoms with Crippen LogP contribution in [0, 0.1) is 12.3 Å². The van der Waals surface area contributed by atoms with E-state index in [1.54, 1.807) is 0 Å². The minimum absolute atomic E-state index is 0.443. The maximum atomic E-state index is 5.71. The van der Waals surface area contributed by atoms with Gasteiger partial charge in [-0.05, 0) is 48.4 Å². The van der Waals surface area contributed by atoms with Gasteiger partial charge in [-0.25, -0.2) is 0 Å². The summed E-state index contributed by atoms with van der Waals surface area (Å²) < 4.78 is 0. The molecule has 2 heteroatoms. The quantitative estimate of drug-likeness (QED) is 0.849. The molecule has 1 heterocycles. The molecule has 1 aliphatic heterocycles. The molecule has 1 aliphatic rings. The van der Waals surface area contributed by atoms with Gasteiger partial charge in [0.25, 0.3) is 0 Å². The lowest BCUT2D eigenvalue weighted by Gasteiger charge is -2.39. The smallest absolute Gasteiger partial charge is 0.0369 e. The van der Waals surface area contributed by atoms with Gasteiger partial charge in [0.15, 0.2) is 0 Å². The van der Waals surface area contributed by atoms with Crippen molar-refractivity contribution >= 4 is 5.69 Å². The van der Waals surface area contributed by atoms with E-state index in [4.69, 9.17) is 5.73 Å². The standard InChI is InChI=1S/C15H24N2/c1-12-9-14(6-5-13(12)10-16)17-8-4-7-15(2,3)11-17/h5-6,9H,4,7-8,10-11,16H2,1-3H3. The van der Waals surface area contributed by atoms with Crippen molar-refractivity contribution in [2.45, 2.75) is 40.2 Å². The fourth-order valence-electron chi connectivity index (χ4n) is 2.75. The van der Waals surface area contributed by atoms with Crippen molar-refractivity contribution in [3.63, 3.8) is 0 Å². The summed E-state index contributed by atoms with van der Waals surface area (Å²) in [6.07, 6.45) is 2.63. The molecule has 0 amide bonds. The first-order chi connectivity index (χ1) is 8.02. The third-order valence-corrected chi connectivity index (χ3v) is 3.81. The molecular weight excluding hydrogens is 208 g/mol. The average Bonchev–Trinajstić information content (AvgIpc) is 2.27. The van der Waals surface area contributed by atoms with Gasteiger partial charge < -0.3 is 10.6 Å². The highest BCUT2D eigenvalue weighted by atomic mass is 15.1. The van der Waals surface area contributed by atoms with E-state index < -0.39 is 0 Å². The molecule has 2 N–H and O–H groups in total. The van der Waals surface area contributed by atoms with Gasteiger partial charge in [-0.3, -0.25) is 0 Å². The first-order valence-electron chi connectivity index (χ1n) is 6.56. The number of hydrogen-bond acceptors (Lipinski definition) is 2. The number of aryl methyl sites for hydroxylation is 1. The van der Waals surface area contributed by atoms with Crippen molar-refractivity contribution < 1.29 is 0 Å². The maximum Gasteiger partial charge on any atom is 0.0369 e. The van der Waals surface area contributed by atoms with E-state index in [9.17, 15) is 0 Å². The highest BCUT2D eigenvalue weighted by Gasteiger charge is 2.26. The molecule has 0 bridgehead atoms. The van der Waals surface area contributed by atoms with Crippen LogP contribution in [-0.4, -0.2) is 13.1 Å². The molecule has 17 heavy (non-hydrogen) atoms. The van der Waals surface area contributed by atoms with E-state index in [-0.39, 0.29) is 0 Å². The van der Waals surface area contributed by atoms with E-state index in [1.807, 2.05) is 0 Å². The molecule has 1 saturated heterocycles. The Balaban J connectivity index is 2.19. The van der Waals surface area contributed by atoms with E-state index in [0.717, 1.165) is 6.54 Å². The minimum atomic E-state index is 0.443. The van der Waals surface area contributed by atoms with E-state index in [0.29, 0.717) is 12.0 Å². The average molecular weight is 232 g/mol. The minimum Gasteiger partial charge on any atom is -0.371 e. The van der Waals surface area contributed by atoms with Crippen molar-refractivity contribution in [1.82, 2.24) is 0 Å². The summed E-state index contributed by atoms with van der Waals surface area (Å²) in [5.74, 6) is 0. The molecule has 94 valence electrons. The Morgan fingerprint density at radius 2 is 2.12 bits per heavy atom. The van der Waals surface area contributed by atoms with Gasteiger partial charge in [-0.1, -0.05) is 19.9 Å². The fraction of sp³-hybridized carbons (Fsp3) is 0.600. The number of nitrogens with zero attached hydrogens (tertiary/aromatic N) is 1. The molecule has 0 spiro atoms. The molecular formula is C15H24N2. The summed E-state index contributed by atoms with van der Waals surface area (Å²) in [6.45, 7) is 9.86. The number of anilines is 1. The van der Waals surface area contributed by atoms with Gasteiger partial charge in [0.1, 0.15) is 0 Å². The highest BCUT2D eigenvalue weighted by Crippen LogP contribution is 2.32. The van der Waals surface area contributed by atoms with Gasteiger partial charge in [-0.15, -0.1) is 0 Å². The molecule has 0 aliphatic carbocycles. The molecule has 0 aromatic heterocycles. The summed E-state index contributed by atoms with van der Waals surface area (Å²) >= 11 is 0. The summed E-state index contributed by atoms with van der Waals surface area (Å²) in [6, 6.07) is 6.67. The van der Waals surface area contributed by atoms with Gasteiger partial charge in [0, 0.05) is 25.3 Å². The number of rotatable bonds is 2. The van der Waals surface area contributed by atoms with Crippen molar-refractivity contribution in [1.29, 1.82) is 0 Å². The number of piperidine rings is 1. The predicted octanol–water partition coefficient (Wildman–Crippen LogP) is 3.08. The Hall–Kier alpha value is -1.02.